The molecule has 2 aromatic rings. The monoisotopic (exact) mass is 297 g/mol. The van der Waals surface area contributed by atoms with E-state index in [1.807, 2.05) is 18.2 Å². The average Bonchev–Trinajstić information content (AvgIpc) is 2.86. The molecular formula is C12H15N3O4S. The van der Waals surface area contributed by atoms with Gasteiger partial charge in [0.05, 0.1) is 18.9 Å². The van der Waals surface area contributed by atoms with Crippen LogP contribution in [0.5, 0.6) is 5.75 Å². The number of ether oxygens (including phenoxy) is 1. The third-order valence-electron chi connectivity index (χ3n) is 2.51. The summed E-state index contributed by atoms with van der Waals surface area (Å²) in [6, 6.07) is 7.29. The zero-order valence-electron chi connectivity index (χ0n) is 11.2. The Balaban J connectivity index is 2.09. The van der Waals surface area contributed by atoms with Crippen molar-refractivity contribution in [3.8, 4) is 17.2 Å². The Labute approximate surface area is 117 Å². The second-order valence-electron chi connectivity index (χ2n) is 4.12. The highest BCUT2D eigenvalue weighted by atomic mass is 32.2. The number of sulfonamides is 1. The number of aromatic nitrogens is 2. The van der Waals surface area contributed by atoms with Crippen molar-refractivity contribution in [1.82, 2.24) is 14.9 Å². The Bertz CT molecular complexity index is 682. The SMILES string of the molecule is COc1ccccc1-c1nnc(CCNS(C)(=O)=O)o1. The smallest absolute Gasteiger partial charge is 0.251 e. The molecule has 108 valence electrons. The van der Waals surface area contributed by atoms with E-state index in [1.54, 1.807) is 13.2 Å². The van der Waals surface area contributed by atoms with Crippen LogP contribution in [0.15, 0.2) is 28.7 Å². The summed E-state index contributed by atoms with van der Waals surface area (Å²) in [6.07, 6.45) is 1.43. The number of hydrogen-bond donors (Lipinski definition) is 1. The first-order valence-electron chi connectivity index (χ1n) is 5.90. The van der Waals surface area contributed by atoms with E-state index in [0.717, 1.165) is 6.26 Å². The molecule has 0 spiro atoms. The molecule has 0 saturated heterocycles. The van der Waals surface area contributed by atoms with Gasteiger partial charge in [-0.3, -0.25) is 0 Å². The molecule has 1 heterocycles. The van der Waals surface area contributed by atoms with Crippen LogP contribution in [-0.4, -0.2) is 38.5 Å². The molecule has 1 aromatic carbocycles. The number of para-hydroxylation sites is 1. The quantitative estimate of drug-likeness (QED) is 0.849. The summed E-state index contributed by atoms with van der Waals surface area (Å²) >= 11 is 0. The Kier molecular flexibility index (Phi) is 4.35. The molecule has 0 amide bonds. The molecule has 0 bridgehead atoms. The standard InChI is InChI=1S/C12H15N3O4S/c1-18-10-6-4-3-5-9(10)12-15-14-11(19-12)7-8-13-20(2,16)17/h3-6,13H,7-8H2,1-2H3. The molecule has 2 rings (SSSR count). The van der Waals surface area contributed by atoms with Gasteiger partial charge < -0.3 is 9.15 Å². The van der Waals surface area contributed by atoms with Crippen LogP contribution in [0, 0.1) is 0 Å². The first-order valence-corrected chi connectivity index (χ1v) is 7.79. The van der Waals surface area contributed by atoms with Gasteiger partial charge >= 0.3 is 0 Å². The van der Waals surface area contributed by atoms with Gasteiger partial charge in [0.25, 0.3) is 5.89 Å². The molecule has 7 nitrogen and oxygen atoms in total. The maximum atomic E-state index is 10.9. The normalized spacial score (nSPS) is 11.5. The highest BCUT2D eigenvalue weighted by Gasteiger charge is 2.13. The minimum atomic E-state index is -3.21. The van der Waals surface area contributed by atoms with Crippen molar-refractivity contribution >= 4 is 10.0 Å². The molecule has 20 heavy (non-hydrogen) atoms. The van der Waals surface area contributed by atoms with Gasteiger partial charge in [-0.15, -0.1) is 10.2 Å². The van der Waals surface area contributed by atoms with Gasteiger partial charge in [0.2, 0.25) is 15.9 Å². The van der Waals surface area contributed by atoms with Crippen molar-refractivity contribution in [2.45, 2.75) is 6.42 Å². The Morgan fingerprint density at radius 2 is 2.05 bits per heavy atom. The molecular weight excluding hydrogens is 282 g/mol. The summed E-state index contributed by atoms with van der Waals surface area (Å²) < 4.78 is 34.9. The van der Waals surface area contributed by atoms with E-state index in [4.69, 9.17) is 9.15 Å². The van der Waals surface area contributed by atoms with E-state index in [0.29, 0.717) is 29.5 Å². The van der Waals surface area contributed by atoms with Gasteiger partial charge in [-0.05, 0) is 12.1 Å². The fraction of sp³-hybridized carbons (Fsp3) is 0.333. The topological polar surface area (TPSA) is 94.3 Å². The molecule has 0 saturated carbocycles. The summed E-state index contributed by atoms with van der Waals surface area (Å²) in [5.41, 5.74) is 0.699. The van der Waals surface area contributed by atoms with Crippen LogP contribution < -0.4 is 9.46 Å². The van der Waals surface area contributed by atoms with Gasteiger partial charge in [0.15, 0.2) is 0 Å². The van der Waals surface area contributed by atoms with Crippen LogP contribution in [0.1, 0.15) is 5.89 Å². The average molecular weight is 297 g/mol. The Morgan fingerprint density at radius 3 is 2.75 bits per heavy atom. The molecule has 0 fully saturated rings. The van der Waals surface area contributed by atoms with Crippen molar-refractivity contribution in [2.24, 2.45) is 0 Å². The fourth-order valence-electron chi connectivity index (χ4n) is 1.63. The van der Waals surface area contributed by atoms with E-state index in [1.165, 1.54) is 0 Å². The minimum Gasteiger partial charge on any atom is -0.496 e. The van der Waals surface area contributed by atoms with E-state index in [2.05, 4.69) is 14.9 Å². The lowest BCUT2D eigenvalue weighted by Gasteiger charge is -2.03. The minimum absolute atomic E-state index is 0.215. The van der Waals surface area contributed by atoms with Crippen LogP contribution in [0.25, 0.3) is 11.5 Å². The van der Waals surface area contributed by atoms with Gasteiger partial charge in [-0.2, -0.15) is 0 Å². The van der Waals surface area contributed by atoms with Crippen molar-refractivity contribution in [3.63, 3.8) is 0 Å². The van der Waals surface area contributed by atoms with E-state index < -0.39 is 10.0 Å². The fourth-order valence-corrected chi connectivity index (χ4v) is 2.10. The number of nitrogens with one attached hydrogen (secondary N) is 1. The Hall–Kier alpha value is -1.93. The predicted octanol–water partition coefficient (Wildman–Crippen LogP) is 0.837. The van der Waals surface area contributed by atoms with Crippen molar-refractivity contribution in [3.05, 3.63) is 30.2 Å². The van der Waals surface area contributed by atoms with Crippen LogP contribution >= 0.6 is 0 Å². The lowest BCUT2D eigenvalue weighted by Crippen LogP contribution is -2.24. The summed E-state index contributed by atoms with van der Waals surface area (Å²) in [5, 5.41) is 7.82. The summed E-state index contributed by atoms with van der Waals surface area (Å²) in [6.45, 7) is 0.215. The van der Waals surface area contributed by atoms with E-state index in [9.17, 15) is 8.42 Å². The summed E-state index contributed by atoms with van der Waals surface area (Å²) in [4.78, 5) is 0. The molecule has 0 aliphatic rings. The third-order valence-corrected chi connectivity index (χ3v) is 3.24. The lowest BCUT2D eigenvalue weighted by atomic mass is 10.2. The van der Waals surface area contributed by atoms with E-state index in [-0.39, 0.29) is 6.54 Å². The zero-order chi connectivity index (χ0) is 14.6. The molecule has 1 N–H and O–H groups in total. The largest absolute Gasteiger partial charge is 0.496 e. The van der Waals surface area contributed by atoms with Gasteiger partial charge in [0, 0.05) is 13.0 Å². The van der Waals surface area contributed by atoms with Crippen LogP contribution in [0.3, 0.4) is 0 Å². The van der Waals surface area contributed by atoms with Crippen molar-refractivity contribution in [1.29, 1.82) is 0 Å². The maximum absolute atomic E-state index is 10.9. The van der Waals surface area contributed by atoms with Crippen LogP contribution in [-0.2, 0) is 16.4 Å². The first kappa shape index (κ1) is 14.5. The third kappa shape index (κ3) is 3.78. The first-order chi connectivity index (χ1) is 9.49. The molecule has 0 atom stereocenters. The summed E-state index contributed by atoms with van der Waals surface area (Å²) in [7, 11) is -1.65. The number of benzene rings is 1. The highest BCUT2D eigenvalue weighted by Crippen LogP contribution is 2.28. The molecule has 1 aromatic heterocycles. The molecule has 0 aliphatic carbocycles. The number of rotatable bonds is 6. The van der Waals surface area contributed by atoms with E-state index >= 15 is 0 Å². The number of hydrogen-bond acceptors (Lipinski definition) is 6. The zero-order valence-corrected chi connectivity index (χ0v) is 12.0. The van der Waals surface area contributed by atoms with Gasteiger partial charge in [0.1, 0.15) is 5.75 Å². The Morgan fingerprint density at radius 1 is 1.30 bits per heavy atom. The molecule has 0 unspecified atom stereocenters. The predicted molar refractivity (Wildman–Crippen MR) is 72.8 cm³/mol. The number of methoxy groups -OCH3 is 1. The second-order valence-corrected chi connectivity index (χ2v) is 5.95. The van der Waals surface area contributed by atoms with Crippen molar-refractivity contribution in [2.75, 3.05) is 19.9 Å². The number of nitrogens with zero attached hydrogens (tertiary/aromatic N) is 2. The molecule has 0 aliphatic heterocycles. The molecule has 8 heteroatoms. The van der Waals surface area contributed by atoms with Crippen molar-refractivity contribution < 1.29 is 17.6 Å². The second kappa shape index (κ2) is 6.02. The van der Waals surface area contributed by atoms with Gasteiger partial charge in [-0.1, -0.05) is 12.1 Å². The van der Waals surface area contributed by atoms with Crippen LogP contribution in [0.2, 0.25) is 0 Å². The van der Waals surface area contributed by atoms with Crippen LogP contribution in [0.4, 0.5) is 0 Å². The molecule has 0 radical (unpaired) electrons. The van der Waals surface area contributed by atoms with Gasteiger partial charge in [-0.25, -0.2) is 13.1 Å². The maximum Gasteiger partial charge on any atom is 0.251 e. The summed E-state index contributed by atoms with van der Waals surface area (Å²) in [5.74, 6) is 1.34. The lowest BCUT2D eigenvalue weighted by molar-refractivity contribution is 0.413. The highest BCUT2D eigenvalue weighted by molar-refractivity contribution is 7.88.